The molecule has 0 aliphatic heterocycles. The van der Waals surface area contributed by atoms with E-state index in [1.165, 1.54) is 0 Å². The van der Waals surface area contributed by atoms with E-state index >= 15 is 0 Å². The smallest absolute Gasteiger partial charge is 0.341 e. The number of pyridine rings is 1. The molecule has 1 rings (SSSR count). The van der Waals surface area contributed by atoms with Gasteiger partial charge in [0.05, 0.1) is 5.56 Å². The fourth-order valence-corrected chi connectivity index (χ4v) is 0.968. The SMILES string of the molecule is N#Cc1cc(C(=O)O)c(O)[nH]c1=S. The zero-order chi connectivity index (χ0) is 10.0. The maximum atomic E-state index is 10.5. The van der Waals surface area contributed by atoms with Crippen LogP contribution in [-0.2, 0) is 0 Å². The van der Waals surface area contributed by atoms with Crippen LogP contribution < -0.4 is 0 Å². The minimum Gasteiger partial charge on any atom is -0.494 e. The van der Waals surface area contributed by atoms with Crippen molar-refractivity contribution in [3.05, 3.63) is 21.8 Å². The van der Waals surface area contributed by atoms with Gasteiger partial charge in [0.25, 0.3) is 0 Å². The number of hydrogen-bond acceptors (Lipinski definition) is 4. The molecule has 3 N–H and O–H groups in total. The number of hydrogen-bond donors (Lipinski definition) is 3. The Morgan fingerprint density at radius 2 is 2.31 bits per heavy atom. The van der Waals surface area contributed by atoms with Crippen molar-refractivity contribution in [2.45, 2.75) is 0 Å². The van der Waals surface area contributed by atoms with Crippen molar-refractivity contribution in [3.8, 4) is 11.9 Å². The molecule has 0 amide bonds. The van der Waals surface area contributed by atoms with E-state index in [-0.39, 0.29) is 15.8 Å². The first-order chi connectivity index (χ1) is 6.06. The summed E-state index contributed by atoms with van der Waals surface area (Å²) < 4.78 is 0.0185. The summed E-state index contributed by atoms with van der Waals surface area (Å²) in [4.78, 5) is 12.7. The molecule has 6 heteroatoms. The number of carboxylic acid groups (broad SMARTS) is 1. The first kappa shape index (κ1) is 9.22. The van der Waals surface area contributed by atoms with Crippen molar-refractivity contribution in [3.63, 3.8) is 0 Å². The molecule has 1 aromatic rings. The number of aromatic nitrogens is 1. The summed E-state index contributed by atoms with van der Waals surface area (Å²) in [6, 6.07) is 2.73. The van der Waals surface area contributed by atoms with Gasteiger partial charge in [-0.3, -0.25) is 0 Å². The lowest BCUT2D eigenvalue weighted by Gasteiger charge is -1.99. The van der Waals surface area contributed by atoms with E-state index in [4.69, 9.17) is 15.5 Å². The molecular weight excluding hydrogens is 192 g/mol. The van der Waals surface area contributed by atoms with Crippen molar-refractivity contribution in [2.75, 3.05) is 0 Å². The van der Waals surface area contributed by atoms with Crippen LogP contribution in [0, 0.1) is 16.0 Å². The molecule has 13 heavy (non-hydrogen) atoms. The highest BCUT2D eigenvalue weighted by Crippen LogP contribution is 2.15. The zero-order valence-corrected chi connectivity index (χ0v) is 7.05. The van der Waals surface area contributed by atoms with Crippen LogP contribution in [0.3, 0.4) is 0 Å². The molecule has 0 unspecified atom stereocenters. The van der Waals surface area contributed by atoms with Crippen LogP contribution in [0.15, 0.2) is 6.07 Å². The highest BCUT2D eigenvalue weighted by Gasteiger charge is 2.11. The molecule has 0 atom stereocenters. The number of rotatable bonds is 1. The van der Waals surface area contributed by atoms with Crippen molar-refractivity contribution in [2.24, 2.45) is 0 Å². The summed E-state index contributed by atoms with van der Waals surface area (Å²) in [7, 11) is 0. The van der Waals surface area contributed by atoms with Gasteiger partial charge in [-0.2, -0.15) is 5.26 Å². The molecule has 0 aliphatic rings. The Bertz CT molecular complexity index is 458. The highest BCUT2D eigenvalue weighted by atomic mass is 32.1. The zero-order valence-electron chi connectivity index (χ0n) is 6.24. The Balaban J connectivity index is 3.51. The monoisotopic (exact) mass is 196 g/mol. The molecule has 0 radical (unpaired) electrons. The average molecular weight is 196 g/mol. The number of aromatic amines is 1. The Hall–Kier alpha value is -1.87. The van der Waals surface area contributed by atoms with Gasteiger partial charge in [0.1, 0.15) is 16.3 Å². The second-order valence-electron chi connectivity index (χ2n) is 2.19. The summed E-state index contributed by atoms with van der Waals surface area (Å²) in [5.41, 5.74) is -0.352. The van der Waals surface area contributed by atoms with Gasteiger partial charge in [-0.15, -0.1) is 0 Å². The number of nitrogens with zero attached hydrogens (tertiary/aromatic N) is 1. The average Bonchev–Trinajstić information content (AvgIpc) is 2.03. The predicted octanol–water partition coefficient (Wildman–Crippen LogP) is 1.02. The van der Waals surface area contributed by atoms with Crippen LogP contribution in [0.1, 0.15) is 15.9 Å². The van der Waals surface area contributed by atoms with Crippen LogP contribution >= 0.6 is 12.2 Å². The van der Waals surface area contributed by atoms with Gasteiger partial charge in [-0.1, -0.05) is 12.2 Å². The number of H-pyrrole nitrogens is 1. The molecule has 1 heterocycles. The molecule has 0 aliphatic carbocycles. The summed E-state index contributed by atoms with van der Waals surface area (Å²) in [6.45, 7) is 0. The summed E-state index contributed by atoms with van der Waals surface area (Å²) in [5, 5.41) is 26.1. The van der Waals surface area contributed by atoms with Crippen LogP contribution in [0.2, 0.25) is 0 Å². The van der Waals surface area contributed by atoms with E-state index < -0.39 is 11.8 Å². The third kappa shape index (κ3) is 1.65. The van der Waals surface area contributed by atoms with E-state index in [9.17, 15) is 4.79 Å². The van der Waals surface area contributed by atoms with Crippen molar-refractivity contribution >= 4 is 18.2 Å². The van der Waals surface area contributed by atoms with E-state index in [1.54, 1.807) is 6.07 Å². The van der Waals surface area contributed by atoms with Gasteiger partial charge < -0.3 is 15.2 Å². The minimum absolute atomic E-state index is 0.0185. The Labute approximate surface area is 77.9 Å². The number of aromatic carboxylic acids is 1. The maximum absolute atomic E-state index is 10.5. The normalized spacial score (nSPS) is 9.15. The third-order valence-electron chi connectivity index (χ3n) is 1.37. The number of aromatic hydroxyl groups is 1. The number of nitrogens with one attached hydrogen (secondary N) is 1. The highest BCUT2D eigenvalue weighted by molar-refractivity contribution is 7.71. The first-order valence-electron chi connectivity index (χ1n) is 3.16. The first-order valence-corrected chi connectivity index (χ1v) is 3.56. The number of carboxylic acids is 1. The van der Waals surface area contributed by atoms with Gasteiger partial charge in [0.15, 0.2) is 0 Å². The van der Waals surface area contributed by atoms with Crippen LogP contribution in [0.4, 0.5) is 0 Å². The standard InChI is InChI=1S/C7H4N2O3S/c8-2-3-1-4(7(11)12)5(10)9-6(3)13/h1H,(H,11,12)(H2,9,10,13). The van der Waals surface area contributed by atoms with Gasteiger partial charge in [-0.25, -0.2) is 4.79 Å². The lowest BCUT2D eigenvalue weighted by atomic mass is 10.2. The third-order valence-corrected chi connectivity index (χ3v) is 1.69. The summed E-state index contributed by atoms with van der Waals surface area (Å²) in [5.74, 6) is -1.86. The van der Waals surface area contributed by atoms with Gasteiger partial charge >= 0.3 is 5.97 Å². The van der Waals surface area contributed by atoms with Crippen molar-refractivity contribution < 1.29 is 15.0 Å². The van der Waals surface area contributed by atoms with Crippen LogP contribution in [-0.4, -0.2) is 21.2 Å². The van der Waals surface area contributed by atoms with E-state index in [0.717, 1.165) is 6.07 Å². The fraction of sp³-hybridized carbons (Fsp3) is 0. The van der Waals surface area contributed by atoms with Crippen molar-refractivity contribution in [1.29, 1.82) is 5.26 Å². The molecule has 0 aromatic carbocycles. The largest absolute Gasteiger partial charge is 0.494 e. The topological polar surface area (TPSA) is 97.1 Å². The second kappa shape index (κ2) is 3.25. The van der Waals surface area contributed by atoms with Gasteiger partial charge in [0.2, 0.25) is 5.88 Å². The summed E-state index contributed by atoms with van der Waals surface area (Å²) >= 11 is 4.65. The molecule has 0 saturated carbocycles. The van der Waals surface area contributed by atoms with Gasteiger partial charge in [-0.05, 0) is 6.07 Å². The minimum atomic E-state index is -1.32. The molecule has 0 fully saturated rings. The second-order valence-corrected chi connectivity index (χ2v) is 2.60. The van der Waals surface area contributed by atoms with E-state index in [2.05, 4.69) is 17.2 Å². The molecule has 0 bridgehead atoms. The number of carbonyl (C=O) groups is 1. The lowest BCUT2D eigenvalue weighted by Crippen LogP contribution is -1.99. The van der Waals surface area contributed by atoms with E-state index in [0.29, 0.717) is 0 Å². The Morgan fingerprint density at radius 3 is 2.77 bits per heavy atom. The van der Waals surface area contributed by atoms with Crippen LogP contribution in [0.25, 0.3) is 0 Å². The fourth-order valence-electron chi connectivity index (χ4n) is 0.767. The lowest BCUT2D eigenvalue weighted by molar-refractivity contribution is 0.0693. The quantitative estimate of drug-likeness (QED) is 0.582. The Morgan fingerprint density at radius 1 is 1.69 bits per heavy atom. The molecule has 5 nitrogen and oxygen atoms in total. The molecular formula is C7H4N2O3S. The molecule has 0 spiro atoms. The predicted molar refractivity (Wildman–Crippen MR) is 45.0 cm³/mol. The molecule has 1 aromatic heterocycles. The van der Waals surface area contributed by atoms with Crippen molar-refractivity contribution in [1.82, 2.24) is 4.98 Å². The maximum Gasteiger partial charge on any atom is 0.341 e. The van der Waals surface area contributed by atoms with Gasteiger partial charge in [0, 0.05) is 0 Å². The van der Waals surface area contributed by atoms with E-state index in [1.807, 2.05) is 0 Å². The van der Waals surface area contributed by atoms with Crippen LogP contribution in [0.5, 0.6) is 5.88 Å². The molecule has 0 saturated heterocycles. The number of nitriles is 1. The molecule has 66 valence electrons. The Kier molecular flexibility index (Phi) is 2.30. The summed E-state index contributed by atoms with van der Waals surface area (Å²) in [6.07, 6.45) is 0.